The van der Waals surface area contributed by atoms with Crippen LogP contribution in [0.2, 0.25) is 0 Å². The summed E-state index contributed by atoms with van der Waals surface area (Å²) in [5.41, 5.74) is 4.61. The maximum Gasteiger partial charge on any atom is 0.0569 e. The highest BCUT2D eigenvalue weighted by Gasteiger charge is 2.56. The summed E-state index contributed by atoms with van der Waals surface area (Å²) in [6.45, 7) is 17.1. The van der Waals surface area contributed by atoms with Crippen LogP contribution < -0.4 is 0 Å². The minimum atomic E-state index is -0.0733. The molecule has 0 spiro atoms. The molecular formula is C29H48O. The lowest BCUT2D eigenvalue weighted by atomic mass is 9.49. The molecule has 0 bridgehead atoms. The van der Waals surface area contributed by atoms with Crippen LogP contribution in [0.5, 0.6) is 0 Å². The van der Waals surface area contributed by atoms with Gasteiger partial charge in [-0.15, -0.1) is 0 Å². The molecule has 4 rings (SSSR count). The van der Waals surface area contributed by atoms with Gasteiger partial charge in [-0.3, -0.25) is 0 Å². The van der Waals surface area contributed by atoms with E-state index in [-0.39, 0.29) is 6.10 Å². The van der Waals surface area contributed by atoms with Crippen molar-refractivity contribution in [3.63, 3.8) is 0 Å². The fourth-order valence-electron chi connectivity index (χ4n) is 8.52. The van der Waals surface area contributed by atoms with Crippen molar-refractivity contribution in [2.45, 2.75) is 106 Å². The quantitative estimate of drug-likeness (QED) is 0.467. The normalized spacial score (nSPS) is 46.0. The van der Waals surface area contributed by atoms with Crippen molar-refractivity contribution in [1.29, 1.82) is 0 Å². The van der Waals surface area contributed by atoms with Gasteiger partial charge in [0.15, 0.2) is 0 Å². The topological polar surface area (TPSA) is 20.2 Å². The van der Waals surface area contributed by atoms with E-state index in [4.69, 9.17) is 0 Å². The Morgan fingerprint density at radius 3 is 2.37 bits per heavy atom. The lowest BCUT2D eigenvalue weighted by Gasteiger charge is -2.56. The molecule has 4 aliphatic rings. The standard InChI is InChI=1S/C29H48O/c1-18(2)19(3)8-9-20(4)23-12-13-25-22-10-11-24-21(5)27(30)15-17-29(24,7)26(22)14-16-28(23,25)6/h8-9,18-21,23-25,27,30H,10-17H2,1-7H3. The van der Waals surface area contributed by atoms with Gasteiger partial charge in [-0.1, -0.05) is 71.8 Å². The molecule has 170 valence electrons. The van der Waals surface area contributed by atoms with Crippen molar-refractivity contribution >= 4 is 0 Å². The number of aliphatic hydroxyl groups is 1. The van der Waals surface area contributed by atoms with Crippen molar-refractivity contribution in [1.82, 2.24) is 0 Å². The van der Waals surface area contributed by atoms with Crippen LogP contribution in [0.25, 0.3) is 0 Å². The van der Waals surface area contributed by atoms with Crippen LogP contribution in [0.15, 0.2) is 23.3 Å². The Bertz CT molecular complexity index is 701. The molecule has 0 amide bonds. The van der Waals surface area contributed by atoms with Crippen LogP contribution in [-0.4, -0.2) is 11.2 Å². The van der Waals surface area contributed by atoms with Gasteiger partial charge in [0.1, 0.15) is 0 Å². The maximum absolute atomic E-state index is 10.5. The third-order valence-electron chi connectivity index (χ3n) is 11.0. The first-order chi connectivity index (χ1) is 14.1. The predicted octanol–water partition coefficient (Wildman–Crippen LogP) is 7.80. The molecule has 0 aromatic rings. The zero-order valence-corrected chi connectivity index (χ0v) is 20.9. The lowest BCUT2D eigenvalue weighted by Crippen LogP contribution is -2.49. The van der Waals surface area contributed by atoms with Crippen molar-refractivity contribution in [3.8, 4) is 0 Å². The molecule has 9 unspecified atom stereocenters. The van der Waals surface area contributed by atoms with E-state index in [0.717, 1.165) is 24.2 Å². The van der Waals surface area contributed by atoms with Crippen molar-refractivity contribution in [3.05, 3.63) is 23.3 Å². The number of aliphatic hydroxyl groups excluding tert-OH is 1. The van der Waals surface area contributed by atoms with Gasteiger partial charge in [0.2, 0.25) is 0 Å². The Balaban J connectivity index is 1.58. The third-order valence-corrected chi connectivity index (χ3v) is 11.0. The van der Waals surface area contributed by atoms with Gasteiger partial charge in [0.05, 0.1) is 6.10 Å². The molecule has 0 aromatic carbocycles. The summed E-state index contributed by atoms with van der Waals surface area (Å²) in [6.07, 6.45) is 15.4. The molecule has 2 saturated carbocycles. The maximum atomic E-state index is 10.5. The number of fused-ring (bicyclic) bond motifs is 4. The summed E-state index contributed by atoms with van der Waals surface area (Å²) < 4.78 is 0. The van der Waals surface area contributed by atoms with Crippen molar-refractivity contribution < 1.29 is 5.11 Å². The molecule has 2 fully saturated rings. The van der Waals surface area contributed by atoms with E-state index in [1.807, 2.05) is 11.1 Å². The third kappa shape index (κ3) is 3.46. The van der Waals surface area contributed by atoms with Gasteiger partial charge >= 0.3 is 0 Å². The first-order valence-corrected chi connectivity index (χ1v) is 13.2. The van der Waals surface area contributed by atoms with Crippen LogP contribution in [0, 0.1) is 52.3 Å². The largest absolute Gasteiger partial charge is 0.393 e. The number of hydrogen-bond acceptors (Lipinski definition) is 1. The molecular weight excluding hydrogens is 364 g/mol. The molecule has 0 heterocycles. The van der Waals surface area contributed by atoms with Crippen molar-refractivity contribution in [2.24, 2.45) is 52.3 Å². The number of allylic oxidation sites excluding steroid dienone is 4. The average molecular weight is 413 g/mol. The highest BCUT2D eigenvalue weighted by atomic mass is 16.3. The minimum Gasteiger partial charge on any atom is -0.393 e. The van der Waals surface area contributed by atoms with E-state index >= 15 is 0 Å². The lowest BCUT2D eigenvalue weighted by molar-refractivity contribution is -0.0332. The smallest absolute Gasteiger partial charge is 0.0569 e. The Kier molecular flexibility index (Phi) is 6.10. The van der Waals surface area contributed by atoms with Gasteiger partial charge < -0.3 is 5.11 Å². The summed E-state index contributed by atoms with van der Waals surface area (Å²) in [5, 5.41) is 10.5. The van der Waals surface area contributed by atoms with Crippen LogP contribution in [0.1, 0.15) is 99.8 Å². The van der Waals surface area contributed by atoms with Gasteiger partial charge in [0, 0.05) is 0 Å². The molecule has 30 heavy (non-hydrogen) atoms. The van der Waals surface area contributed by atoms with Gasteiger partial charge in [-0.2, -0.15) is 0 Å². The molecule has 9 atom stereocenters. The molecule has 0 radical (unpaired) electrons. The summed E-state index contributed by atoms with van der Waals surface area (Å²) in [5.74, 6) is 4.93. The number of rotatable bonds is 4. The van der Waals surface area contributed by atoms with Crippen LogP contribution in [-0.2, 0) is 0 Å². The van der Waals surface area contributed by atoms with Gasteiger partial charge in [-0.05, 0) is 104 Å². The Morgan fingerprint density at radius 2 is 1.67 bits per heavy atom. The van der Waals surface area contributed by atoms with E-state index in [1.165, 1.54) is 44.9 Å². The molecule has 0 aliphatic heterocycles. The van der Waals surface area contributed by atoms with Crippen LogP contribution in [0.3, 0.4) is 0 Å². The first-order valence-electron chi connectivity index (χ1n) is 13.2. The van der Waals surface area contributed by atoms with Gasteiger partial charge in [0.25, 0.3) is 0 Å². The summed E-state index contributed by atoms with van der Waals surface area (Å²) in [4.78, 5) is 0. The van der Waals surface area contributed by atoms with Crippen LogP contribution in [0.4, 0.5) is 0 Å². The molecule has 4 aliphatic carbocycles. The molecule has 1 N–H and O–H groups in total. The van der Waals surface area contributed by atoms with E-state index in [0.29, 0.717) is 34.5 Å². The van der Waals surface area contributed by atoms with Gasteiger partial charge in [-0.25, -0.2) is 0 Å². The Morgan fingerprint density at radius 1 is 0.933 bits per heavy atom. The Labute approximate surface area is 186 Å². The molecule has 1 heteroatoms. The second-order valence-corrected chi connectivity index (χ2v) is 12.6. The molecule has 0 aromatic heterocycles. The fraction of sp³-hybridized carbons (Fsp3) is 0.862. The molecule has 1 nitrogen and oxygen atoms in total. The van der Waals surface area contributed by atoms with E-state index in [1.54, 1.807) is 0 Å². The average Bonchev–Trinajstić information content (AvgIpc) is 3.06. The molecule has 0 saturated heterocycles. The number of hydrogen-bond donors (Lipinski definition) is 1. The second-order valence-electron chi connectivity index (χ2n) is 12.6. The van der Waals surface area contributed by atoms with E-state index in [2.05, 4.69) is 60.6 Å². The SMILES string of the molecule is CC(C)C(C)C=CC(C)C1CCC2C3=C(CCC21C)C1(C)CCC(O)C(C)C1CC3. The summed E-state index contributed by atoms with van der Waals surface area (Å²) >= 11 is 0. The highest BCUT2D eigenvalue weighted by Crippen LogP contribution is 2.66. The van der Waals surface area contributed by atoms with E-state index < -0.39 is 0 Å². The minimum absolute atomic E-state index is 0.0733. The van der Waals surface area contributed by atoms with E-state index in [9.17, 15) is 5.11 Å². The monoisotopic (exact) mass is 412 g/mol. The fourth-order valence-corrected chi connectivity index (χ4v) is 8.52. The van der Waals surface area contributed by atoms with Crippen LogP contribution >= 0.6 is 0 Å². The Hall–Kier alpha value is -0.560. The summed E-state index contributed by atoms with van der Waals surface area (Å²) in [7, 11) is 0. The summed E-state index contributed by atoms with van der Waals surface area (Å²) in [6, 6.07) is 0. The first kappa shape index (κ1) is 22.6. The van der Waals surface area contributed by atoms with Crippen molar-refractivity contribution in [2.75, 3.05) is 0 Å². The predicted molar refractivity (Wildman–Crippen MR) is 128 cm³/mol. The zero-order chi connectivity index (χ0) is 21.8. The zero-order valence-electron chi connectivity index (χ0n) is 20.9. The highest BCUT2D eigenvalue weighted by molar-refractivity contribution is 5.35. The second kappa shape index (κ2) is 8.09.